The van der Waals surface area contributed by atoms with Crippen LogP contribution in [0.3, 0.4) is 0 Å². The van der Waals surface area contributed by atoms with E-state index in [9.17, 15) is 4.79 Å². The zero-order valence-corrected chi connectivity index (χ0v) is 14.7. The molecule has 1 aliphatic heterocycles. The van der Waals surface area contributed by atoms with Gasteiger partial charge in [0, 0.05) is 30.8 Å². The summed E-state index contributed by atoms with van der Waals surface area (Å²) < 4.78 is 7.85. The van der Waals surface area contributed by atoms with Gasteiger partial charge in [0.05, 0.1) is 12.6 Å². The fourth-order valence-electron chi connectivity index (χ4n) is 3.04. The van der Waals surface area contributed by atoms with E-state index in [1.54, 1.807) is 11.3 Å². The maximum Gasteiger partial charge on any atom is 0.270 e. The van der Waals surface area contributed by atoms with Crippen molar-refractivity contribution in [3.8, 4) is 0 Å². The van der Waals surface area contributed by atoms with Crippen molar-refractivity contribution < 1.29 is 9.53 Å². The summed E-state index contributed by atoms with van der Waals surface area (Å²) in [5, 5.41) is 2.07. The van der Waals surface area contributed by atoms with Gasteiger partial charge in [-0.2, -0.15) is 0 Å². The van der Waals surface area contributed by atoms with E-state index in [-0.39, 0.29) is 12.0 Å². The number of ether oxygens (including phenoxy) is 1. The lowest BCUT2D eigenvalue weighted by Gasteiger charge is -2.32. The summed E-state index contributed by atoms with van der Waals surface area (Å²) in [5.74, 6) is 0.122. The van der Waals surface area contributed by atoms with Gasteiger partial charge in [0.2, 0.25) is 0 Å². The molecule has 0 saturated carbocycles. The fourth-order valence-corrected chi connectivity index (χ4v) is 3.74. The molecule has 0 spiro atoms. The first-order chi connectivity index (χ1) is 11.8. The van der Waals surface area contributed by atoms with Crippen molar-refractivity contribution in [2.75, 3.05) is 26.2 Å². The third-order valence-corrected chi connectivity index (χ3v) is 5.25. The topological polar surface area (TPSA) is 60.5 Å². The summed E-state index contributed by atoms with van der Waals surface area (Å²) >= 11 is 1.72. The molecule has 1 saturated heterocycles. The second-order valence-electron chi connectivity index (χ2n) is 6.11. The van der Waals surface area contributed by atoms with Gasteiger partial charge in [0.15, 0.2) is 0 Å². The number of thiophene rings is 1. The van der Waals surface area contributed by atoms with E-state index < -0.39 is 0 Å². The number of aromatic nitrogens is 1. The average Bonchev–Trinajstić information content (AvgIpc) is 3.27. The number of nitrogens with zero attached hydrogens (tertiary/aromatic N) is 2. The van der Waals surface area contributed by atoms with Crippen molar-refractivity contribution in [3.63, 3.8) is 0 Å². The molecule has 3 heterocycles. The first kappa shape index (κ1) is 17.2. The minimum atomic E-state index is 0.122. The number of hydrogen-bond donors (Lipinski definition) is 1. The smallest absolute Gasteiger partial charge is 0.270 e. The molecule has 0 unspecified atom stereocenters. The minimum Gasteiger partial charge on any atom is -0.378 e. The second kappa shape index (κ2) is 8.46. The van der Waals surface area contributed by atoms with Crippen molar-refractivity contribution >= 4 is 17.2 Å². The largest absolute Gasteiger partial charge is 0.378 e. The normalized spacial score (nSPS) is 15.8. The summed E-state index contributed by atoms with van der Waals surface area (Å²) in [6.45, 7) is 3.66. The maximum absolute atomic E-state index is 12.8. The molecular weight excluding hydrogens is 322 g/mol. The third kappa shape index (κ3) is 4.26. The van der Waals surface area contributed by atoms with Gasteiger partial charge in [-0.3, -0.25) is 4.79 Å². The van der Waals surface area contributed by atoms with Crippen LogP contribution in [0.4, 0.5) is 0 Å². The number of amides is 1. The Balaban J connectivity index is 1.55. The Labute approximate surface area is 147 Å². The van der Waals surface area contributed by atoms with Crippen LogP contribution >= 0.6 is 11.3 Å². The van der Waals surface area contributed by atoms with Gasteiger partial charge < -0.3 is 19.9 Å². The Bertz CT molecular complexity index is 630. The molecular formula is C18H25N3O2S. The number of carbonyl (C=O) groups excluding carboxylic acids is 1. The van der Waals surface area contributed by atoms with Crippen molar-refractivity contribution in [3.05, 3.63) is 46.4 Å². The summed E-state index contributed by atoms with van der Waals surface area (Å²) in [4.78, 5) is 16.0. The van der Waals surface area contributed by atoms with Crippen LogP contribution in [0.2, 0.25) is 0 Å². The molecule has 5 nitrogen and oxygen atoms in total. The number of nitrogens with two attached hydrogens (primary N) is 1. The van der Waals surface area contributed by atoms with Gasteiger partial charge in [0.25, 0.3) is 5.91 Å². The molecule has 3 rings (SSSR count). The Morgan fingerprint density at radius 2 is 2.12 bits per heavy atom. The number of carbonyl (C=O) groups is 1. The van der Waals surface area contributed by atoms with Crippen LogP contribution in [-0.4, -0.2) is 47.7 Å². The predicted octanol–water partition coefficient (Wildman–Crippen LogP) is 2.57. The highest BCUT2D eigenvalue weighted by Crippen LogP contribution is 2.18. The van der Waals surface area contributed by atoms with Gasteiger partial charge >= 0.3 is 0 Å². The van der Waals surface area contributed by atoms with E-state index >= 15 is 0 Å². The highest BCUT2D eigenvalue weighted by Gasteiger charge is 2.25. The van der Waals surface area contributed by atoms with Crippen LogP contribution in [0, 0.1) is 0 Å². The number of likely N-dealkylation sites (tertiary alicyclic amines) is 1. The Morgan fingerprint density at radius 3 is 2.83 bits per heavy atom. The van der Waals surface area contributed by atoms with Gasteiger partial charge in [-0.05, 0) is 49.4 Å². The van der Waals surface area contributed by atoms with E-state index in [1.807, 2.05) is 33.9 Å². The number of hydrogen-bond acceptors (Lipinski definition) is 4. The molecule has 24 heavy (non-hydrogen) atoms. The van der Waals surface area contributed by atoms with Gasteiger partial charge in [0.1, 0.15) is 5.69 Å². The molecule has 0 aliphatic carbocycles. The van der Waals surface area contributed by atoms with Gasteiger partial charge in [-0.15, -0.1) is 11.3 Å². The maximum atomic E-state index is 12.8. The molecule has 0 bridgehead atoms. The van der Waals surface area contributed by atoms with Crippen LogP contribution in [0.5, 0.6) is 0 Å². The van der Waals surface area contributed by atoms with Crippen molar-refractivity contribution in [2.24, 2.45) is 5.73 Å². The zero-order chi connectivity index (χ0) is 16.8. The zero-order valence-electron chi connectivity index (χ0n) is 13.9. The van der Waals surface area contributed by atoms with Crippen molar-refractivity contribution in [2.45, 2.75) is 31.9 Å². The molecule has 1 aliphatic rings. The fraction of sp³-hybridized carbons (Fsp3) is 0.500. The van der Waals surface area contributed by atoms with Crippen LogP contribution < -0.4 is 5.73 Å². The lowest BCUT2D eigenvalue weighted by Crippen LogP contribution is -2.41. The highest BCUT2D eigenvalue weighted by molar-refractivity contribution is 7.09. The van der Waals surface area contributed by atoms with Crippen LogP contribution in [-0.2, 0) is 11.3 Å². The van der Waals surface area contributed by atoms with Crippen molar-refractivity contribution in [1.29, 1.82) is 0 Å². The molecule has 2 aromatic rings. The van der Waals surface area contributed by atoms with Gasteiger partial charge in [-0.25, -0.2) is 0 Å². The molecule has 130 valence electrons. The molecule has 0 aromatic carbocycles. The van der Waals surface area contributed by atoms with Gasteiger partial charge in [-0.1, -0.05) is 6.07 Å². The first-order valence-electron chi connectivity index (χ1n) is 8.56. The standard InChI is InChI=1S/C18H25N3O2S/c19-8-3-12-23-15-6-10-20(11-7-15)18(22)17-5-1-9-21(17)14-16-4-2-13-24-16/h1-2,4-5,9,13,15H,3,6-8,10-12,14,19H2. The third-order valence-electron chi connectivity index (χ3n) is 4.39. The molecule has 1 amide bonds. The molecule has 2 N–H and O–H groups in total. The second-order valence-corrected chi connectivity index (χ2v) is 7.14. The van der Waals surface area contributed by atoms with Crippen LogP contribution in [0.25, 0.3) is 0 Å². The summed E-state index contributed by atoms with van der Waals surface area (Å²) in [7, 11) is 0. The van der Waals surface area contributed by atoms with E-state index in [1.165, 1.54) is 4.88 Å². The molecule has 1 fully saturated rings. The monoisotopic (exact) mass is 347 g/mol. The summed E-state index contributed by atoms with van der Waals surface area (Å²) in [5.41, 5.74) is 6.26. The highest BCUT2D eigenvalue weighted by atomic mass is 32.1. The summed E-state index contributed by atoms with van der Waals surface area (Å²) in [6, 6.07) is 8.01. The van der Waals surface area contributed by atoms with E-state index in [2.05, 4.69) is 11.4 Å². The Morgan fingerprint density at radius 1 is 1.29 bits per heavy atom. The number of rotatable bonds is 7. The molecule has 0 radical (unpaired) electrons. The lowest BCUT2D eigenvalue weighted by molar-refractivity contribution is 0.00818. The van der Waals surface area contributed by atoms with E-state index in [0.717, 1.165) is 51.2 Å². The van der Waals surface area contributed by atoms with E-state index in [0.29, 0.717) is 6.54 Å². The van der Waals surface area contributed by atoms with Crippen LogP contribution in [0.15, 0.2) is 35.8 Å². The molecule has 2 aromatic heterocycles. The molecule has 6 heteroatoms. The summed E-state index contributed by atoms with van der Waals surface area (Å²) in [6.07, 6.45) is 4.95. The SMILES string of the molecule is NCCCOC1CCN(C(=O)c2cccn2Cc2cccs2)CC1. The van der Waals surface area contributed by atoms with Crippen LogP contribution in [0.1, 0.15) is 34.6 Å². The average molecular weight is 347 g/mol. The number of piperidine rings is 1. The Kier molecular flexibility index (Phi) is 6.07. The Hall–Kier alpha value is -1.63. The first-order valence-corrected chi connectivity index (χ1v) is 9.44. The lowest BCUT2D eigenvalue weighted by atomic mass is 10.1. The van der Waals surface area contributed by atoms with E-state index in [4.69, 9.17) is 10.5 Å². The minimum absolute atomic E-state index is 0.122. The molecule has 0 atom stereocenters. The van der Waals surface area contributed by atoms with Crippen molar-refractivity contribution in [1.82, 2.24) is 9.47 Å². The predicted molar refractivity (Wildman–Crippen MR) is 96.4 cm³/mol. The quantitative estimate of drug-likeness (QED) is 0.783.